The number of nitrogens with zero attached hydrogens (tertiary/aromatic N) is 1. The number of carbonyl (C=O) groups excluding carboxylic acids is 1. The molecule has 1 aliphatic heterocycles. The van der Waals surface area contributed by atoms with Gasteiger partial charge in [-0.15, -0.1) is 0 Å². The fourth-order valence-electron chi connectivity index (χ4n) is 1.81. The molecule has 16 heavy (non-hydrogen) atoms. The Labute approximate surface area is 105 Å². The first kappa shape index (κ1) is 13.7. The fourth-order valence-corrected chi connectivity index (χ4v) is 2.65. The average molecular weight is 263 g/mol. The van der Waals surface area contributed by atoms with Crippen LogP contribution in [0.5, 0.6) is 0 Å². The van der Waals surface area contributed by atoms with E-state index >= 15 is 0 Å². The number of likely N-dealkylation sites (tertiary alicyclic amines) is 1. The number of hydrogen-bond donors (Lipinski definition) is 2. The Bertz CT molecular complexity index is 285. The molecule has 0 aromatic heterocycles. The van der Waals surface area contributed by atoms with Crippen LogP contribution >= 0.6 is 24.4 Å². The normalized spacial score (nSPS) is 26.8. The van der Waals surface area contributed by atoms with Crippen molar-refractivity contribution in [3.05, 3.63) is 0 Å². The largest absolute Gasteiger partial charge is 0.480 e. The van der Waals surface area contributed by atoms with Gasteiger partial charge >= 0.3 is 5.97 Å². The summed E-state index contributed by atoms with van der Waals surface area (Å²) in [5, 5.41) is 9.31. The zero-order valence-electron chi connectivity index (χ0n) is 9.42. The Morgan fingerprint density at radius 2 is 2.25 bits per heavy atom. The standard InChI is InChI=1S/C10H17NO3S2/c1-6(5-15)9(12)11-4-7(16-2)3-8(11)10(13)14/h6-8,15H,3-5H2,1-2H3,(H,13,14)/t6?,7-,8-/m0/s1. The van der Waals surface area contributed by atoms with Crippen LogP contribution in [-0.4, -0.2) is 51.7 Å². The molecule has 6 heteroatoms. The second-order valence-corrected chi connectivity index (χ2v) is 5.52. The van der Waals surface area contributed by atoms with Crippen molar-refractivity contribution < 1.29 is 14.7 Å². The molecular formula is C10H17NO3S2. The third kappa shape index (κ3) is 2.85. The van der Waals surface area contributed by atoms with Gasteiger partial charge in [0.15, 0.2) is 0 Å². The number of carboxylic acids is 1. The summed E-state index contributed by atoms with van der Waals surface area (Å²) in [7, 11) is 0. The molecule has 0 radical (unpaired) electrons. The van der Waals surface area contributed by atoms with Crippen LogP contribution in [0.15, 0.2) is 0 Å². The second kappa shape index (κ2) is 5.82. The summed E-state index contributed by atoms with van der Waals surface area (Å²) in [5.74, 6) is -0.771. The van der Waals surface area contributed by atoms with E-state index in [0.717, 1.165) is 0 Å². The third-order valence-electron chi connectivity index (χ3n) is 2.86. The monoisotopic (exact) mass is 263 g/mol. The van der Waals surface area contributed by atoms with E-state index in [4.69, 9.17) is 5.11 Å². The molecule has 1 rings (SSSR count). The van der Waals surface area contributed by atoms with Crippen molar-refractivity contribution in [2.24, 2.45) is 5.92 Å². The lowest BCUT2D eigenvalue weighted by Crippen LogP contribution is -2.43. The maximum absolute atomic E-state index is 12.0. The Morgan fingerprint density at radius 3 is 2.69 bits per heavy atom. The molecule has 3 atom stereocenters. The topological polar surface area (TPSA) is 57.6 Å². The van der Waals surface area contributed by atoms with E-state index < -0.39 is 12.0 Å². The summed E-state index contributed by atoms with van der Waals surface area (Å²) >= 11 is 5.69. The number of thiol groups is 1. The zero-order chi connectivity index (χ0) is 12.3. The highest BCUT2D eigenvalue weighted by Crippen LogP contribution is 2.27. The predicted molar refractivity (Wildman–Crippen MR) is 68.1 cm³/mol. The molecule has 1 amide bonds. The van der Waals surface area contributed by atoms with Gasteiger partial charge in [0.1, 0.15) is 6.04 Å². The third-order valence-corrected chi connectivity index (χ3v) is 4.42. The molecule has 1 N–H and O–H groups in total. The highest BCUT2D eigenvalue weighted by atomic mass is 32.2. The van der Waals surface area contributed by atoms with Gasteiger partial charge in [-0.25, -0.2) is 4.79 Å². The first-order valence-corrected chi connectivity index (χ1v) is 7.10. The number of thioether (sulfide) groups is 1. The van der Waals surface area contributed by atoms with Gasteiger partial charge in [0.2, 0.25) is 5.91 Å². The van der Waals surface area contributed by atoms with Crippen LogP contribution in [0.2, 0.25) is 0 Å². The van der Waals surface area contributed by atoms with Crippen LogP contribution in [0, 0.1) is 5.92 Å². The molecule has 92 valence electrons. The van der Waals surface area contributed by atoms with E-state index in [9.17, 15) is 9.59 Å². The summed E-state index contributed by atoms with van der Waals surface area (Å²) in [5.41, 5.74) is 0. The second-order valence-electron chi connectivity index (χ2n) is 4.02. The number of rotatable bonds is 4. The molecule has 0 spiro atoms. The summed E-state index contributed by atoms with van der Waals surface area (Å²) < 4.78 is 0. The number of hydrogen-bond acceptors (Lipinski definition) is 4. The minimum Gasteiger partial charge on any atom is -0.480 e. The van der Waals surface area contributed by atoms with Gasteiger partial charge in [-0.3, -0.25) is 4.79 Å². The highest BCUT2D eigenvalue weighted by molar-refractivity contribution is 7.99. The molecule has 0 saturated carbocycles. The maximum Gasteiger partial charge on any atom is 0.326 e. The average Bonchev–Trinajstić information content (AvgIpc) is 2.71. The molecule has 1 heterocycles. The smallest absolute Gasteiger partial charge is 0.326 e. The van der Waals surface area contributed by atoms with Gasteiger partial charge < -0.3 is 10.0 Å². The minimum absolute atomic E-state index is 0.0982. The Hall–Kier alpha value is -0.360. The predicted octanol–water partition coefficient (Wildman–Crippen LogP) is 0.969. The lowest BCUT2D eigenvalue weighted by molar-refractivity contribution is -0.149. The molecule has 4 nitrogen and oxygen atoms in total. The van der Waals surface area contributed by atoms with Crippen molar-refractivity contribution in [2.75, 3.05) is 18.6 Å². The van der Waals surface area contributed by atoms with Crippen LogP contribution in [0.3, 0.4) is 0 Å². The van der Waals surface area contributed by atoms with Gasteiger partial charge in [0, 0.05) is 23.5 Å². The van der Waals surface area contributed by atoms with Crippen molar-refractivity contribution >= 4 is 36.3 Å². The van der Waals surface area contributed by atoms with E-state index in [2.05, 4.69) is 12.6 Å². The summed E-state index contributed by atoms with van der Waals surface area (Å²) in [6.45, 7) is 2.32. The highest BCUT2D eigenvalue weighted by Gasteiger charge is 2.40. The lowest BCUT2D eigenvalue weighted by Gasteiger charge is -2.24. The van der Waals surface area contributed by atoms with E-state index in [1.807, 2.05) is 6.26 Å². The van der Waals surface area contributed by atoms with E-state index in [1.54, 1.807) is 18.7 Å². The fraction of sp³-hybridized carbons (Fsp3) is 0.800. The molecule has 0 bridgehead atoms. The van der Waals surface area contributed by atoms with Crippen LogP contribution < -0.4 is 0 Å². The molecule has 1 unspecified atom stereocenters. The Morgan fingerprint density at radius 1 is 1.62 bits per heavy atom. The van der Waals surface area contributed by atoms with Gasteiger partial charge in [0.05, 0.1) is 0 Å². The molecule has 1 saturated heterocycles. The van der Waals surface area contributed by atoms with Crippen LogP contribution in [0.4, 0.5) is 0 Å². The van der Waals surface area contributed by atoms with Crippen molar-refractivity contribution in [1.82, 2.24) is 4.90 Å². The van der Waals surface area contributed by atoms with E-state index in [1.165, 1.54) is 4.90 Å². The van der Waals surface area contributed by atoms with Gasteiger partial charge in [-0.1, -0.05) is 6.92 Å². The first-order chi connectivity index (χ1) is 7.51. The van der Waals surface area contributed by atoms with E-state index in [0.29, 0.717) is 18.7 Å². The lowest BCUT2D eigenvalue weighted by atomic mass is 10.1. The maximum atomic E-state index is 12.0. The van der Waals surface area contributed by atoms with Crippen LogP contribution in [0.25, 0.3) is 0 Å². The molecule has 1 fully saturated rings. The van der Waals surface area contributed by atoms with Gasteiger partial charge in [-0.2, -0.15) is 24.4 Å². The summed E-state index contributed by atoms with van der Waals surface area (Å²) in [6, 6.07) is -0.660. The van der Waals surface area contributed by atoms with Gasteiger partial charge in [0.25, 0.3) is 0 Å². The number of aliphatic carboxylic acids is 1. The number of amides is 1. The Balaban J connectivity index is 2.76. The zero-order valence-corrected chi connectivity index (χ0v) is 11.1. The van der Waals surface area contributed by atoms with Crippen molar-refractivity contribution in [1.29, 1.82) is 0 Å². The Kier molecular flexibility index (Phi) is 4.98. The van der Waals surface area contributed by atoms with E-state index in [-0.39, 0.29) is 17.1 Å². The van der Waals surface area contributed by atoms with Gasteiger partial charge in [-0.05, 0) is 12.7 Å². The summed E-state index contributed by atoms with van der Waals surface area (Å²) in [6.07, 6.45) is 2.49. The quantitative estimate of drug-likeness (QED) is 0.742. The van der Waals surface area contributed by atoms with Crippen molar-refractivity contribution in [2.45, 2.75) is 24.6 Å². The molecule has 0 aromatic carbocycles. The molecular weight excluding hydrogens is 246 g/mol. The van der Waals surface area contributed by atoms with Crippen LogP contribution in [-0.2, 0) is 9.59 Å². The minimum atomic E-state index is -0.906. The van der Waals surface area contributed by atoms with Crippen LogP contribution in [0.1, 0.15) is 13.3 Å². The SMILES string of the molecule is CS[C@H]1C[C@@H](C(=O)O)N(C(=O)C(C)CS)C1. The molecule has 0 aliphatic carbocycles. The molecule has 0 aromatic rings. The summed E-state index contributed by atoms with van der Waals surface area (Å²) in [4.78, 5) is 24.5. The first-order valence-electron chi connectivity index (χ1n) is 5.18. The number of carbonyl (C=O) groups is 2. The van der Waals surface area contributed by atoms with Crippen molar-refractivity contribution in [3.63, 3.8) is 0 Å². The number of carboxylic acid groups (broad SMARTS) is 1. The van der Waals surface area contributed by atoms with Crippen molar-refractivity contribution in [3.8, 4) is 0 Å². The molecule has 1 aliphatic rings.